The van der Waals surface area contributed by atoms with Crippen molar-refractivity contribution in [1.29, 1.82) is 0 Å². The van der Waals surface area contributed by atoms with E-state index in [4.69, 9.17) is 4.74 Å². The van der Waals surface area contributed by atoms with E-state index < -0.39 is 23.5 Å². The molecule has 2 N–H and O–H groups in total. The Hall–Kier alpha value is -3.39. The molecule has 158 valence electrons. The van der Waals surface area contributed by atoms with E-state index >= 15 is 0 Å². The monoisotopic (exact) mass is 411 g/mol. The number of rotatable bonds is 8. The first-order valence-electron chi connectivity index (χ1n) is 9.58. The van der Waals surface area contributed by atoms with Crippen molar-refractivity contribution in [1.82, 2.24) is 15.3 Å². The van der Waals surface area contributed by atoms with Gasteiger partial charge in [0, 0.05) is 0 Å². The molecule has 0 aromatic heterocycles. The molecule has 0 saturated carbocycles. The molecule has 8 heteroatoms. The molecule has 0 bridgehead atoms. The minimum atomic E-state index is -1.03. The van der Waals surface area contributed by atoms with Gasteiger partial charge in [0.25, 0.3) is 5.91 Å². The highest BCUT2D eigenvalue weighted by atomic mass is 16.5. The summed E-state index contributed by atoms with van der Waals surface area (Å²) in [5.74, 6) is 0.104. The molecule has 8 nitrogen and oxygen atoms in total. The van der Waals surface area contributed by atoms with Gasteiger partial charge in [0.05, 0.1) is 6.54 Å². The molecule has 0 aliphatic carbocycles. The molecule has 0 radical (unpaired) electrons. The Morgan fingerprint density at radius 3 is 2.17 bits per heavy atom. The Morgan fingerprint density at radius 1 is 1.10 bits per heavy atom. The van der Waals surface area contributed by atoms with E-state index in [-0.39, 0.29) is 19.6 Å². The highest BCUT2D eigenvalue weighted by Crippen LogP contribution is 2.23. The van der Waals surface area contributed by atoms with Crippen LogP contribution in [0.4, 0.5) is 4.79 Å². The molecule has 4 amide bonds. The molecule has 1 heterocycles. The quantitative estimate of drug-likeness (QED) is 0.301. The number of carbonyl (C=O) groups is 3. The van der Waals surface area contributed by atoms with Gasteiger partial charge in [-0.25, -0.2) is 9.86 Å². The van der Waals surface area contributed by atoms with Crippen LogP contribution >= 0.6 is 0 Å². The number of imide groups is 1. The van der Waals surface area contributed by atoms with Gasteiger partial charge in [0.15, 0.2) is 0 Å². The molecule has 30 heavy (non-hydrogen) atoms. The van der Waals surface area contributed by atoms with E-state index in [9.17, 15) is 19.6 Å². The third-order valence-corrected chi connectivity index (χ3v) is 5.00. The SMILES string of the molecule is Cc1ccc(-c2ccc(OC[C@H](CN3C(=O)NC(C)(C)C3=O)N(O)C=O)cc2)cc1. The topological polar surface area (TPSA) is 99.2 Å². The number of hydrogen-bond acceptors (Lipinski definition) is 5. The first-order valence-corrected chi connectivity index (χ1v) is 9.58. The van der Waals surface area contributed by atoms with Crippen LogP contribution in [0.3, 0.4) is 0 Å². The fraction of sp³-hybridized carbons (Fsp3) is 0.318. The molecular formula is C22H25N3O5. The van der Waals surface area contributed by atoms with Gasteiger partial charge in [-0.1, -0.05) is 42.0 Å². The summed E-state index contributed by atoms with van der Waals surface area (Å²) in [5.41, 5.74) is 2.25. The van der Waals surface area contributed by atoms with Gasteiger partial charge in [-0.05, 0) is 44.0 Å². The Balaban J connectivity index is 1.66. The molecule has 1 aliphatic heterocycles. The maximum Gasteiger partial charge on any atom is 0.325 e. The molecule has 3 rings (SSSR count). The molecule has 1 saturated heterocycles. The molecule has 2 aromatic rings. The van der Waals surface area contributed by atoms with Crippen molar-refractivity contribution < 1.29 is 24.3 Å². The first-order chi connectivity index (χ1) is 14.2. The van der Waals surface area contributed by atoms with Gasteiger partial charge < -0.3 is 10.1 Å². The van der Waals surface area contributed by atoms with E-state index in [0.29, 0.717) is 10.8 Å². The van der Waals surface area contributed by atoms with Crippen molar-refractivity contribution in [2.24, 2.45) is 0 Å². The second-order valence-electron chi connectivity index (χ2n) is 7.81. The number of benzene rings is 2. The fourth-order valence-electron chi connectivity index (χ4n) is 3.18. The van der Waals surface area contributed by atoms with Crippen molar-refractivity contribution in [3.05, 3.63) is 54.1 Å². The number of hydroxylamine groups is 2. The van der Waals surface area contributed by atoms with Crippen molar-refractivity contribution >= 4 is 18.3 Å². The van der Waals surface area contributed by atoms with Crippen LogP contribution in [0.15, 0.2) is 48.5 Å². The van der Waals surface area contributed by atoms with Gasteiger partial charge in [0.2, 0.25) is 6.41 Å². The number of nitrogens with zero attached hydrogens (tertiary/aromatic N) is 2. The maximum atomic E-state index is 12.4. The molecule has 0 unspecified atom stereocenters. The van der Waals surface area contributed by atoms with Crippen LogP contribution in [0.5, 0.6) is 5.75 Å². The summed E-state index contributed by atoms with van der Waals surface area (Å²) in [4.78, 5) is 36.5. The molecule has 0 spiro atoms. The number of ether oxygens (including phenoxy) is 1. The van der Waals surface area contributed by atoms with Gasteiger partial charge in [-0.15, -0.1) is 0 Å². The Morgan fingerprint density at radius 2 is 1.67 bits per heavy atom. The van der Waals surface area contributed by atoms with Crippen LogP contribution in [0.25, 0.3) is 11.1 Å². The largest absolute Gasteiger partial charge is 0.491 e. The van der Waals surface area contributed by atoms with Crippen LogP contribution in [-0.4, -0.2) is 58.3 Å². The van der Waals surface area contributed by atoms with Gasteiger partial charge in [-0.2, -0.15) is 0 Å². The molecule has 1 aliphatic rings. The van der Waals surface area contributed by atoms with E-state index in [2.05, 4.69) is 5.32 Å². The molecule has 1 fully saturated rings. The van der Waals surface area contributed by atoms with Crippen molar-refractivity contribution in [2.75, 3.05) is 13.2 Å². The number of nitrogens with one attached hydrogen (secondary N) is 1. The predicted octanol–water partition coefficient (Wildman–Crippen LogP) is 2.59. The number of aryl methyl sites for hydroxylation is 1. The summed E-state index contributed by atoms with van der Waals surface area (Å²) in [6.45, 7) is 4.91. The highest BCUT2D eigenvalue weighted by molar-refractivity contribution is 6.06. The van der Waals surface area contributed by atoms with Gasteiger partial charge in [0.1, 0.15) is 23.9 Å². The van der Waals surface area contributed by atoms with Crippen molar-refractivity contribution in [3.63, 3.8) is 0 Å². The standard InChI is InChI=1S/C22H25N3O5/c1-15-4-6-16(7-5-15)17-8-10-19(11-9-17)30-13-18(25(29)14-26)12-24-20(27)22(2,3)23-21(24)28/h4-11,14,18,29H,12-13H2,1-3H3,(H,23,28)/t18-/m0/s1. The Bertz CT molecular complexity index is 925. The number of carbonyl (C=O) groups excluding carboxylic acids is 3. The van der Waals surface area contributed by atoms with Crippen LogP contribution in [-0.2, 0) is 9.59 Å². The Labute approximate surface area is 175 Å². The average Bonchev–Trinajstić information content (AvgIpc) is 2.92. The predicted molar refractivity (Wildman–Crippen MR) is 110 cm³/mol. The zero-order valence-electron chi connectivity index (χ0n) is 17.2. The van der Waals surface area contributed by atoms with E-state index in [1.54, 1.807) is 26.0 Å². The zero-order valence-corrected chi connectivity index (χ0v) is 17.2. The van der Waals surface area contributed by atoms with E-state index in [1.807, 2.05) is 43.3 Å². The summed E-state index contributed by atoms with van der Waals surface area (Å²) in [6.07, 6.45) is 0.220. The second-order valence-corrected chi connectivity index (χ2v) is 7.81. The normalized spacial score (nSPS) is 16.2. The first kappa shape index (κ1) is 21.3. The van der Waals surface area contributed by atoms with Crippen LogP contribution in [0.1, 0.15) is 19.4 Å². The molecule has 2 aromatic carbocycles. The van der Waals surface area contributed by atoms with Crippen LogP contribution in [0, 0.1) is 6.92 Å². The summed E-state index contributed by atoms with van der Waals surface area (Å²) in [6, 6.07) is 14.0. The van der Waals surface area contributed by atoms with Crippen molar-refractivity contribution in [2.45, 2.75) is 32.4 Å². The lowest BCUT2D eigenvalue weighted by molar-refractivity contribution is -0.165. The number of hydrogen-bond donors (Lipinski definition) is 2. The fourth-order valence-corrected chi connectivity index (χ4v) is 3.18. The lowest BCUT2D eigenvalue weighted by atomic mass is 10.0. The zero-order chi connectivity index (χ0) is 21.9. The van der Waals surface area contributed by atoms with E-state index in [0.717, 1.165) is 16.0 Å². The summed E-state index contributed by atoms with van der Waals surface area (Å²) in [7, 11) is 0. The Kier molecular flexibility index (Phi) is 6.07. The second kappa shape index (κ2) is 8.54. The van der Waals surface area contributed by atoms with Crippen LogP contribution < -0.4 is 10.1 Å². The average molecular weight is 411 g/mol. The summed E-state index contributed by atoms with van der Waals surface area (Å²) < 4.78 is 5.70. The maximum absolute atomic E-state index is 12.4. The summed E-state index contributed by atoms with van der Waals surface area (Å²) >= 11 is 0. The smallest absolute Gasteiger partial charge is 0.325 e. The van der Waals surface area contributed by atoms with E-state index in [1.165, 1.54) is 5.56 Å². The van der Waals surface area contributed by atoms with Gasteiger partial charge in [-0.3, -0.25) is 19.7 Å². The van der Waals surface area contributed by atoms with Crippen LogP contribution in [0.2, 0.25) is 0 Å². The highest BCUT2D eigenvalue weighted by Gasteiger charge is 2.45. The molecule has 1 atom stereocenters. The lowest BCUT2D eigenvalue weighted by Gasteiger charge is -2.26. The summed E-state index contributed by atoms with van der Waals surface area (Å²) in [5, 5.41) is 12.9. The lowest BCUT2D eigenvalue weighted by Crippen LogP contribution is -2.48. The third-order valence-electron chi connectivity index (χ3n) is 5.00. The number of urea groups is 1. The third kappa shape index (κ3) is 4.60. The molecular weight excluding hydrogens is 386 g/mol. The number of amides is 4. The van der Waals surface area contributed by atoms with Crippen molar-refractivity contribution in [3.8, 4) is 16.9 Å². The van der Waals surface area contributed by atoms with Gasteiger partial charge >= 0.3 is 6.03 Å². The minimum absolute atomic E-state index is 0.101. The minimum Gasteiger partial charge on any atom is -0.491 e.